The van der Waals surface area contributed by atoms with Crippen LogP contribution in [0.1, 0.15) is 58.6 Å². The number of ether oxygens (including phenoxy) is 6. The summed E-state index contributed by atoms with van der Waals surface area (Å²) in [5.41, 5.74) is 15.8. The number of aromatic nitrogens is 21. The van der Waals surface area contributed by atoms with E-state index < -0.39 is 274 Å². The molecular weight excluding hydrogens is 2220 g/mol. The molecule has 9 fully saturated rings. The number of alkyl halides is 3. The molecule has 0 spiro atoms. The number of fused-ring (bicyclic) bond motifs is 15. The van der Waals surface area contributed by atoms with E-state index in [9.17, 15) is 66.8 Å². The van der Waals surface area contributed by atoms with Crippen molar-refractivity contribution in [2.24, 2.45) is 5.92 Å². The molecule has 30 atom stereocenters. The van der Waals surface area contributed by atoms with Crippen molar-refractivity contribution in [1.82, 2.24) is 102 Å². The molecule has 9 aliphatic rings. The molecular formula is C70H85F6N24Na2O30P6S6Si+. The van der Waals surface area contributed by atoms with Gasteiger partial charge in [-0.2, -0.15) is 0 Å². The number of hydrogen-bond donors (Lipinski definition) is 13. The predicted molar refractivity (Wildman–Crippen MR) is 503 cm³/mol. The zero-order chi connectivity index (χ0) is 101. The molecule has 15 N–H and O–H groups in total. The van der Waals surface area contributed by atoms with Gasteiger partial charge in [0.1, 0.15) is 138 Å². The van der Waals surface area contributed by atoms with Gasteiger partial charge in [-0.05, 0) is 73.8 Å². The summed E-state index contributed by atoms with van der Waals surface area (Å²) >= 11 is 29.9. The van der Waals surface area contributed by atoms with Crippen molar-refractivity contribution in [2.75, 3.05) is 63.4 Å². The first-order valence-electron chi connectivity index (χ1n) is 41.8. The second-order valence-corrected chi connectivity index (χ2v) is 54.5. The number of halogens is 6. The molecule has 21 heterocycles. The van der Waals surface area contributed by atoms with Crippen LogP contribution in [0.15, 0.2) is 89.9 Å². The van der Waals surface area contributed by atoms with Gasteiger partial charge in [-0.3, -0.25) is 55.2 Å². The summed E-state index contributed by atoms with van der Waals surface area (Å²) in [7, 11) is -1.16. The molecule has 75 heteroatoms. The third kappa shape index (κ3) is 23.6. The van der Waals surface area contributed by atoms with Crippen molar-refractivity contribution in [1.29, 1.82) is 0 Å². The van der Waals surface area contributed by atoms with Crippen LogP contribution in [0.2, 0.25) is 19.6 Å². The van der Waals surface area contributed by atoms with E-state index in [1.165, 1.54) is 43.6 Å². The Labute approximate surface area is 886 Å². The number of aliphatic hydroxyl groups excluding tert-OH is 2. The number of hydrogen-bond acceptors (Lipinski definition) is 46. The molecule has 0 amide bonds. The number of anilines is 3. The summed E-state index contributed by atoms with van der Waals surface area (Å²) in [4.78, 5) is 149. The van der Waals surface area contributed by atoms with E-state index in [0.29, 0.717) is 0 Å². The second kappa shape index (κ2) is 44.8. The van der Waals surface area contributed by atoms with E-state index in [4.69, 9.17) is 163 Å². The number of imidazole rings is 3. The smallest absolute Gasteiger partial charge is 0.780 e. The van der Waals surface area contributed by atoms with Crippen LogP contribution in [0.4, 0.5) is 43.8 Å². The Morgan fingerprint density at radius 2 is 0.738 bits per heavy atom. The topological polar surface area (TPSA) is 698 Å². The molecule has 9 aliphatic heterocycles. The molecule has 0 radical (unpaired) electrons. The molecule has 9 saturated heterocycles. The fourth-order valence-corrected chi connectivity index (χ4v) is 26.3. The quantitative estimate of drug-likeness (QED) is 0.0341. The Bertz CT molecular complexity index is 6690. The SMILES string of the molecule is C.CCO[Si](C)(C)C.C[C@H]1[C@H]2OP(=O)(S)OC[C@H]3O[C@@H](n4cnc5c(N)ncnc54)[C@H](F)[C@@H]3OP(O)(=S)OC[C@H]1O[C@H]2n1cc(F)c2c(=O)[nH]cnc21.Nc1ncnc2c1ncn2[C@@H]1O[C@@H]2COP(O)(=S)O[C@@H]3[C@H](O)[C@@H](COP(O)(=S)O[C@H]2[C@H]1F)O[C@H]3n1cc(F)c2c(=O)[nH]cnc21.Nc1ncnc2c1ncn2[C@@H]1O[C@@H]2COP([O-])(=S)O[C@@H]3[C@H](O)[C@@H](COP(O)(=S)O[C@H]2[C@H]1F)O[C@H]3n1cc(F)c2c(=O)[nH]cnc21.[Na+].[Na+]. The van der Waals surface area contributed by atoms with Crippen LogP contribution in [0.5, 0.6) is 0 Å². The fourth-order valence-electron chi connectivity index (χ4n) is 16.8. The van der Waals surface area contributed by atoms with Gasteiger partial charge in [-0.1, -0.05) is 38.4 Å². The Kier molecular flexibility index (Phi) is 35.2. The molecule has 0 aromatic carbocycles. The van der Waals surface area contributed by atoms with Crippen molar-refractivity contribution in [3.8, 4) is 0 Å². The van der Waals surface area contributed by atoms with Crippen LogP contribution in [-0.2, 0) is 151 Å². The Morgan fingerprint density at radius 1 is 0.441 bits per heavy atom. The fraction of sp³-hybridized carbons (Fsp3) is 0.529. The van der Waals surface area contributed by atoms with Crippen LogP contribution in [0.3, 0.4) is 0 Å². The van der Waals surface area contributed by atoms with Crippen LogP contribution in [0.25, 0.3) is 66.6 Å². The van der Waals surface area contributed by atoms with E-state index >= 15 is 13.2 Å². The third-order valence-electron chi connectivity index (χ3n) is 23.1. The average Bonchev–Trinajstić information content (AvgIpc) is 1.59. The molecule has 145 heavy (non-hydrogen) atoms. The van der Waals surface area contributed by atoms with Gasteiger partial charge in [-0.15, -0.1) is 0 Å². The molecule has 12 aromatic heterocycles. The Morgan fingerprint density at radius 3 is 1.08 bits per heavy atom. The number of nitrogen functional groups attached to an aromatic ring is 3. The molecule has 6 bridgehead atoms. The normalized spacial score (nSPS) is 35.7. The van der Waals surface area contributed by atoms with Gasteiger partial charge in [0, 0.05) is 31.1 Å². The number of rotatable bonds is 8. The van der Waals surface area contributed by atoms with E-state index in [1.807, 2.05) is 6.92 Å². The second-order valence-electron chi connectivity index (χ2n) is 33.3. The first-order valence-corrected chi connectivity index (χ1v) is 60.9. The first kappa shape index (κ1) is 114. The van der Waals surface area contributed by atoms with Crippen LogP contribution >= 0.6 is 52.6 Å². The molecule has 21 rings (SSSR count). The van der Waals surface area contributed by atoms with Crippen molar-refractivity contribution < 1.29 is 212 Å². The predicted octanol–water partition coefficient (Wildman–Crippen LogP) is -1.94. The maximum Gasteiger partial charge on any atom is 1.00 e. The maximum absolute atomic E-state index is 16.0. The van der Waals surface area contributed by atoms with Gasteiger partial charge < -0.3 is 141 Å². The van der Waals surface area contributed by atoms with E-state index in [1.54, 1.807) is 6.92 Å². The van der Waals surface area contributed by atoms with Crippen LogP contribution in [-0.4, -0.2) is 290 Å². The van der Waals surface area contributed by atoms with Gasteiger partial charge in [-0.25, -0.2) is 90.7 Å². The zero-order valence-corrected chi connectivity index (χ0v) is 90.3. The number of H-pyrrole nitrogens is 3. The minimum absolute atomic E-state index is 0. The third-order valence-corrected chi connectivity index (χ3v) is 33.7. The molecule has 778 valence electrons. The van der Waals surface area contributed by atoms with Crippen LogP contribution in [0, 0.1) is 23.4 Å². The van der Waals surface area contributed by atoms with Gasteiger partial charge in [0.05, 0.1) is 83.7 Å². The van der Waals surface area contributed by atoms with Gasteiger partial charge >= 0.3 is 92.8 Å². The number of aromatic amines is 3. The summed E-state index contributed by atoms with van der Waals surface area (Å²) in [5.74, 6) is -3.33. The van der Waals surface area contributed by atoms with E-state index in [0.717, 1.165) is 66.0 Å². The largest absolute Gasteiger partial charge is 1.00 e. The van der Waals surface area contributed by atoms with Crippen molar-refractivity contribution in [3.63, 3.8) is 0 Å². The summed E-state index contributed by atoms with van der Waals surface area (Å²) < 4.78 is 220. The standard InChI is InChI=1S/C22H24F2N8O9P2S2.2C21H22F2N8O10P2S2.C5H14OSi.CH4.2Na/c1-8-10-3-36-43(35,45)41-16-11(39-21(13(16)24)32-7-30-14-17(25)26-5-28-19(14)32)4-37-42(34,44)40-15(8)22(38-10)31-2-9(23)12-18(31)27-6-29-20(12)33;2*22-7-1-30(17-10(7)19(33)28-5-26-17)21-15-13(32)8(38-21)2-36-42(34,44)40-14-9(3-37-43(35,45)41-15)39-20(11(14)23)31-6-29-12-16(24)25-4-27-18(12)31;1-5-6-7(2,3)4;;;/h2,5-8,10-11,13,15-16,21-22H,3-4H2,1H3,(H,34,44)(H,35,45)(H2,25,26,28)(H,27,29,33);2*1,4-6,8-9,11,13-15,20-21,32H,2-3H2,(H,34,44)(H,35,45)(H2,24,25,27)(H,26,28,33);5H2,1-4H3;1H4;;/q;;;;;2*+1/p-1/t8-,10-,11-,13-,15-,16-,21-,22-,42?,43?;2*8-,9-,11-,13-,14-,15-,20-,21-,42?,43?;;;;/m111..../s1. The number of nitrogens with one attached hydrogen (secondary N) is 3. The number of thiol groups is 1. The average molecular weight is 2310 g/mol. The molecule has 12 aromatic rings. The number of nitrogens with zero attached hydrogens (tertiary/aromatic N) is 18. The number of aliphatic hydroxyl groups is 2. The van der Waals surface area contributed by atoms with Gasteiger partial charge in [0.25, 0.3) is 16.7 Å². The Balaban J connectivity index is 0.000000156. The van der Waals surface area contributed by atoms with E-state index in [-0.39, 0.29) is 146 Å². The Hall–Kier alpha value is -5.10. The maximum atomic E-state index is 16.0. The zero-order valence-electron chi connectivity index (χ0n) is 74.9. The molecule has 0 aliphatic carbocycles. The van der Waals surface area contributed by atoms with Crippen molar-refractivity contribution in [2.45, 2.75) is 182 Å². The molecule has 6 unspecified atom stereocenters. The summed E-state index contributed by atoms with van der Waals surface area (Å²) in [5, 5.41) is 21.0. The van der Waals surface area contributed by atoms with E-state index in [2.05, 4.69) is 107 Å². The van der Waals surface area contributed by atoms with Gasteiger partial charge in [0.2, 0.25) is 0 Å². The number of nitrogens with two attached hydrogens (primary N) is 3. The summed E-state index contributed by atoms with van der Waals surface area (Å²) in [6.45, 7) is -18.5. The first-order chi connectivity index (χ1) is 67.1. The van der Waals surface area contributed by atoms with Crippen molar-refractivity contribution in [3.05, 3.63) is 124 Å². The van der Waals surface area contributed by atoms with Gasteiger partial charge in [0.15, 0.2) is 133 Å². The monoisotopic (exact) mass is 2310 g/mol. The minimum atomic E-state index is -4.57. The minimum Gasteiger partial charge on any atom is -0.780 e. The molecule has 0 saturated carbocycles. The molecule has 54 nitrogen and oxygen atoms in total. The summed E-state index contributed by atoms with van der Waals surface area (Å²) in [6.07, 6.45) is -21.6. The summed E-state index contributed by atoms with van der Waals surface area (Å²) in [6, 6.07) is 0. The van der Waals surface area contributed by atoms with Crippen molar-refractivity contribution >= 4 is 204 Å². The van der Waals surface area contributed by atoms with Crippen LogP contribution < -0.4 is 97.9 Å².